The molecule has 1 heterocycles. The maximum absolute atomic E-state index is 11.4. The van der Waals surface area contributed by atoms with E-state index in [1.807, 2.05) is 0 Å². The van der Waals surface area contributed by atoms with Crippen molar-refractivity contribution in [2.45, 2.75) is 25.9 Å². The molecular weight excluding hydrogens is 206 g/mol. The largest absolute Gasteiger partial charge is 0.383 e. The first-order valence-corrected chi connectivity index (χ1v) is 5.82. The molecule has 1 saturated heterocycles. The van der Waals surface area contributed by atoms with Gasteiger partial charge in [-0.05, 0) is 5.92 Å². The van der Waals surface area contributed by atoms with Crippen molar-refractivity contribution in [2.75, 3.05) is 33.4 Å². The van der Waals surface area contributed by atoms with Crippen LogP contribution >= 0.6 is 0 Å². The average Bonchev–Trinajstić information content (AvgIpc) is 2.25. The van der Waals surface area contributed by atoms with Crippen molar-refractivity contribution in [1.29, 1.82) is 0 Å². The number of carbonyl (C=O) groups is 1. The van der Waals surface area contributed by atoms with Crippen LogP contribution in [0, 0.1) is 5.92 Å². The molecule has 1 rings (SSSR count). The zero-order valence-electron chi connectivity index (χ0n) is 10.4. The highest BCUT2D eigenvalue weighted by molar-refractivity contribution is 5.80. The van der Waals surface area contributed by atoms with Crippen LogP contribution in [0.3, 0.4) is 0 Å². The van der Waals surface area contributed by atoms with Gasteiger partial charge in [0.2, 0.25) is 5.91 Å². The van der Waals surface area contributed by atoms with Crippen LogP contribution in [0.5, 0.6) is 0 Å². The lowest BCUT2D eigenvalue weighted by atomic mass is 9.99. The number of nitrogens with two attached hydrogens (primary N) is 1. The summed E-state index contributed by atoms with van der Waals surface area (Å²) in [5.41, 5.74) is 5.43. The molecular formula is C11H23N3O2. The minimum Gasteiger partial charge on any atom is -0.383 e. The molecule has 0 bridgehead atoms. The van der Waals surface area contributed by atoms with E-state index in [-0.39, 0.29) is 18.0 Å². The smallest absolute Gasteiger partial charge is 0.236 e. The summed E-state index contributed by atoms with van der Waals surface area (Å²) >= 11 is 0. The van der Waals surface area contributed by atoms with Gasteiger partial charge in [0.1, 0.15) is 6.04 Å². The van der Waals surface area contributed by atoms with Crippen LogP contribution in [0.15, 0.2) is 0 Å². The van der Waals surface area contributed by atoms with Crippen LogP contribution < -0.4 is 11.1 Å². The molecule has 0 aromatic heterocycles. The van der Waals surface area contributed by atoms with Gasteiger partial charge in [0.25, 0.3) is 0 Å². The number of nitrogens with zero attached hydrogens (tertiary/aromatic N) is 1. The highest BCUT2D eigenvalue weighted by atomic mass is 16.5. The van der Waals surface area contributed by atoms with Crippen molar-refractivity contribution in [3.8, 4) is 0 Å². The molecule has 16 heavy (non-hydrogen) atoms. The number of methoxy groups -OCH3 is 1. The highest BCUT2D eigenvalue weighted by Gasteiger charge is 2.33. The van der Waals surface area contributed by atoms with Crippen LogP contribution in [0.1, 0.15) is 13.8 Å². The van der Waals surface area contributed by atoms with Gasteiger partial charge in [-0.15, -0.1) is 0 Å². The van der Waals surface area contributed by atoms with Gasteiger partial charge in [0, 0.05) is 32.8 Å². The number of amides is 1. The first-order valence-electron chi connectivity index (χ1n) is 5.82. The molecule has 0 aromatic carbocycles. The Kier molecular flexibility index (Phi) is 5.18. The number of hydrogen-bond donors (Lipinski definition) is 2. The van der Waals surface area contributed by atoms with Gasteiger partial charge in [-0.1, -0.05) is 13.8 Å². The van der Waals surface area contributed by atoms with Crippen molar-refractivity contribution < 1.29 is 9.53 Å². The Labute approximate surface area is 97.3 Å². The van der Waals surface area contributed by atoms with Gasteiger partial charge in [0.15, 0.2) is 0 Å². The van der Waals surface area contributed by atoms with Crippen LogP contribution in [-0.2, 0) is 9.53 Å². The maximum atomic E-state index is 11.4. The van der Waals surface area contributed by atoms with Crippen molar-refractivity contribution >= 4 is 5.91 Å². The zero-order chi connectivity index (χ0) is 12.1. The molecule has 94 valence electrons. The summed E-state index contributed by atoms with van der Waals surface area (Å²) in [4.78, 5) is 13.6. The first kappa shape index (κ1) is 13.4. The fourth-order valence-corrected chi connectivity index (χ4v) is 2.22. The average molecular weight is 229 g/mol. The number of carbonyl (C=O) groups excluding carboxylic acids is 1. The summed E-state index contributed by atoms with van der Waals surface area (Å²) in [7, 11) is 1.69. The van der Waals surface area contributed by atoms with E-state index in [4.69, 9.17) is 10.5 Å². The lowest BCUT2D eigenvalue weighted by Crippen LogP contribution is -2.61. The van der Waals surface area contributed by atoms with Crippen LogP contribution in [-0.4, -0.2) is 56.2 Å². The number of primary amides is 1. The summed E-state index contributed by atoms with van der Waals surface area (Å²) < 4.78 is 5.23. The van der Waals surface area contributed by atoms with Crippen molar-refractivity contribution in [3.05, 3.63) is 0 Å². The molecule has 5 heteroatoms. The SMILES string of the molecule is COCC(C(C)C)N1CCNCC1C(N)=O. The molecule has 0 saturated carbocycles. The Morgan fingerprint density at radius 2 is 2.31 bits per heavy atom. The molecule has 1 fully saturated rings. The third-order valence-electron chi connectivity index (χ3n) is 3.15. The Bertz CT molecular complexity index is 233. The van der Waals surface area contributed by atoms with Crippen LogP contribution in [0.4, 0.5) is 0 Å². The molecule has 1 aliphatic rings. The Morgan fingerprint density at radius 3 is 2.81 bits per heavy atom. The normalized spacial score (nSPS) is 24.6. The maximum Gasteiger partial charge on any atom is 0.236 e. The number of hydrogen-bond acceptors (Lipinski definition) is 4. The molecule has 0 aromatic rings. The summed E-state index contributed by atoms with van der Waals surface area (Å²) in [5, 5.41) is 3.20. The third-order valence-corrected chi connectivity index (χ3v) is 3.15. The van der Waals surface area contributed by atoms with E-state index in [1.165, 1.54) is 0 Å². The minimum atomic E-state index is -0.256. The fourth-order valence-electron chi connectivity index (χ4n) is 2.22. The number of nitrogens with one attached hydrogen (secondary N) is 1. The van der Waals surface area contributed by atoms with E-state index in [1.54, 1.807) is 7.11 Å². The van der Waals surface area contributed by atoms with E-state index in [2.05, 4.69) is 24.1 Å². The second-order valence-electron chi connectivity index (χ2n) is 4.63. The molecule has 0 radical (unpaired) electrons. The van der Waals surface area contributed by atoms with Crippen molar-refractivity contribution in [2.24, 2.45) is 11.7 Å². The lowest BCUT2D eigenvalue weighted by Gasteiger charge is -2.41. The molecule has 3 N–H and O–H groups in total. The highest BCUT2D eigenvalue weighted by Crippen LogP contribution is 2.16. The van der Waals surface area contributed by atoms with Gasteiger partial charge in [-0.3, -0.25) is 9.69 Å². The monoisotopic (exact) mass is 229 g/mol. The standard InChI is InChI=1S/C11H23N3O2/c1-8(2)10(7-16-3)14-5-4-13-6-9(14)11(12)15/h8-10,13H,4-7H2,1-3H3,(H2,12,15). The van der Waals surface area contributed by atoms with E-state index in [0.717, 1.165) is 13.1 Å². The van der Waals surface area contributed by atoms with E-state index >= 15 is 0 Å². The second kappa shape index (κ2) is 6.18. The topological polar surface area (TPSA) is 67.6 Å². The zero-order valence-corrected chi connectivity index (χ0v) is 10.4. The molecule has 1 amide bonds. The molecule has 5 nitrogen and oxygen atoms in total. The van der Waals surface area contributed by atoms with Crippen LogP contribution in [0.25, 0.3) is 0 Å². The summed E-state index contributed by atoms with van der Waals surface area (Å²) in [6.45, 7) is 7.31. The fraction of sp³-hybridized carbons (Fsp3) is 0.909. The van der Waals surface area contributed by atoms with Gasteiger partial charge in [-0.2, -0.15) is 0 Å². The summed E-state index contributed by atoms with van der Waals surface area (Å²) in [6, 6.07) is 0.0425. The van der Waals surface area contributed by atoms with E-state index in [9.17, 15) is 4.79 Å². The molecule has 2 atom stereocenters. The second-order valence-corrected chi connectivity index (χ2v) is 4.63. The molecule has 1 aliphatic heterocycles. The minimum absolute atomic E-state index is 0.212. The molecule has 0 aliphatic carbocycles. The van der Waals surface area contributed by atoms with Crippen molar-refractivity contribution in [3.63, 3.8) is 0 Å². The van der Waals surface area contributed by atoms with E-state index < -0.39 is 0 Å². The Hall–Kier alpha value is -0.650. The third kappa shape index (κ3) is 3.17. The Balaban J connectivity index is 2.74. The van der Waals surface area contributed by atoms with Crippen molar-refractivity contribution in [1.82, 2.24) is 10.2 Å². The number of ether oxygens (including phenoxy) is 1. The predicted octanol–water partition coefficient (Wildman–Crippen LogP) is -0.583. The summed E-state index contributed by atoms with van der Waals surface area (Å²) in [6.07, 6.45) is 0. The van der Waals surface area contributed by atoms with Gasteiger partial charge in [0.05, 0.1) is 6.61 Å². The van der Waals surface area contributed by atoms with Gasteiger partial charge in [-0.25, -0.2) is 0 Å². The lowest BCUT2D eigenvalue weighted by molar-refractivity contribution is -0.126. The quantitative estimate of drug-likeness (QED) is 0.661. The summed E-state index contributed by atoms with van der Waals surface area (Å²) in [5.74, 6) is 0.189. The van der Waals surface area contributed by atoms with Gasteiger partial charge < -0.3 is 15.8 Å². The Morgan fingerprint density at radius 1 is 1.62 bits per heavy atom. The van der Waals surface area contributed by atoms with Crippen LogP contribution in [0.2, 0.25) is 0 Å². The molecule has 0 spiro atoms. The number of piperazine rings is 1. The van der Waals surface area contributed by atoms with Gasteiger partial charge >= 0.3 is 0 Å². The molecule has 2 unspecified atom stereocenters. The predicted molar refractivity (Wildman–Crippen MR) is 63.1 cm³/mol. The van der Waals surface area contributed by atoms with E-state index in [0.29, 0.717) is 19.1 Å². The number of rotatable bonds is 5. The first-order chi connectivity index (χ1) is 7.57.